The van der Waals surface area contributed by atoms with Crippen LogP contribution in [0.25, 0.3) is 0 Å². The fraction of sp³-hybridized carbons (Fsp3) is 0.263. The Kier molecular flexibility index (Phi) is 5.79. The van der Waals surface area contributed by atoms with Crippen molar-refractivity contribution in [3.05, 3.63) is 56.9 Å². The average molecular weight is 449 g/mol. The predicted molar refractivity (Wildman–Crippen MR) is 114 cm³/mol. The van der Waals surface area contributed by atoms with Gasteiger partial charge in [0.2, 0.25) is 11.0 Å². The van der Waals surface area contributed by atoms with Crippen molar-refractivity contribution >= 4 is 56.3 Å². The molecule has 0 spiro atoms. The lowest BCUT2D eigenvalue weighted by Gasteiger charge is -2.16. The Labute approximate surface area is 180 Å². The molecule has 2 aromatic heterocycles. The molecule has 1 atom stereocenters. The maximum Gasteiger partial charge on any atom is 0.340 e. The third kappa shape index (κ3) is 4.26. The zero-order valence-electron chi connectivity index (χ0n) is 15.4. The van der Waals surface area contributed by atoms with Crippen molar-refractivity contribution in [2.45, 2.75) is 18.9 Å². The third-order valence-corrected chi connectivity index (χ3v) is 6.58. The lowest BCUT2D eigenvalue weighted by Crippen LogP contribution is -2.33. The Bertz CT molecular complexity index is 1030. The second-order valence-corrected chi connectivity index (χ2v) is 8.80. The number of ether oxygens (including phenoxy) is 1. The monoisotopic (exact) mass is 448 g/mol. The SMILES string of the molecule is COC(=O)c1ccsc1N1CCC(Nc2nnc(Cc3ccc(Cl)cc3)s2)C1=O. The number of aromatic nitrogens is 2. The molecule has 3 heterocycles. The van der Waals surface area contributed by atoms with Gasteiger partial charge in [0.15, 0.2) is 0 Å². The van der Waals surface area contributed by atoms with Crippen molar-refractivity contribution in [2.75, 3.05) is 23.9 Å². The maximum atomic E-state index is 12.9. The van der Waals surface area contributed by atoms with Crippen molar-refractivity contribution in [1.82, 2.24) is 10.2 Å². The van der Waals surface area contributed by atoms with Gasteiger partial charge in [-0.2, -0.15) is 0 Å². The number of nitrogens with one attached hydrogen (secondary N) is 1. The van der Waals surface area contributed by atoms with E-state index in [1.165, 1.54) is 29.8 Å². The van der Waals surface area contributed by atoms with Crippen LogP contribution in [0.4, 0.5) is 10.1 Å². The van der Waals surface area contributed by atoms with E-state index in [1.807, 2.05) is 24.3 Å². The summed E-state index contributed by atoms with van der Waals surface area (Å²) in [5.41, 5.74) is 1.50. The highest BCUT2D eigenvalue weighted by Crippen LogP contribution is 2.33. The molecule has 1 aliphatic rings. The van der Waals surface area contributed by atoms with Crippen LogP contribution in [0.5, 0.6) is 0 Å². The summed E-state index contributed by atoms with van der Waals surface area (Å²) < 4.78 is 4.80. The number of halogens is 1. The number of hydrogen-bond donors (Lipinski definition) is 1. The van der Waals surface area contributed by atoms with E-state index >= 15 is 0 Å². The molecule has 0 aliphatic carbocycles. The number of esters is 1. The van der Waals surface area contributed by atoms with Crippen LogP contribution in [0.2, 0.25) is 5.02 Å². The summed E-state index contributed by atoms with van der Waals surface area (Å²) in [4.78, 5) is 26.4. The molecule has 1 N–H and O–H groups in total. The highest BCUT2D eigenvalue weighted by Gasteiger charge is 2.35. The molecule has 1 saturated heterocycles. The van der Waals surface area contributed by atoms with E-state index < -0.39 is 12.0 Å². The number of carbonyl (C=O) groups is 2. The Morgan fingerprint density at radius 1 is 1.31 bits per heavy atom. The van der Waals surface area contributed by atoms with Crippen molar-refractivity contribution in [1.29, 1.82) is 0 Å². The molecule has 150 valence electrons. The summed E-state index contributed by atoms with van der Waals surface area (Å²) in [6.07, 6.45) is 1.27. The van der Waals surface area contributed by atoms with Gasteiger partial charge in [-0.3, -0.25) is 4.79 Å². The number of carbonyl (C=O) groups excluding carboxylic acids is 2. The van der Waals surface area contributed by atoms with Gasteiger partial charge >= 0.3 is 5.97 Å². The Hall–Kier alpha value is -2.49. The van der Waals surface area contributed by atoms with Gasteiger partial charge in [0.05, 0.1) is 12.7 Å². The first kappa shape index (κ1) is 19.8. The minimum Gasteiger partial charge on any atom is -0.465 e. The summed E-state index contributed by atoms with van der Waals surface area (Å²) in [6, 6.07) is 8.86. The Morgan fingerprint density at radius 3 is 2.86 bits per heavy atom. The number of rotatable bonds is 6. The molecule has 10 heteroatoms. The van der Waals surface area contributed by atoms with Gasteiger partial charge < -0.3 is 15.0 Å². The highest BCUT2D eigenvalue weighted by molar-refractivity contribution is 7.15. The van der Waals surface area contributed by atoms with Gasteiger partial charge in [-0.25, -0.2) is 4.79 Å². The quantitative estimate of drug-likeness (QED) is 0.576. The minimum absolute atomic E-state index is 0.0907. The number of methoxy groups -OCH3 is 1. The number of benzene rings is 1. The number of hydrogen-bond acceptors (Lipinski definition) is 8. The number of amides is 1. The second kappa shape index (κ2) is 8.48. The van der Waals surface area contributed by atoms with Gasteiger partial charge in [-0.1, -0.05) is 35.1 Å². The van der Waals surface area contributed by atoms with Crippen LogP contribution >= 0.6 is 34.3 Å². The molecular weight excluding hydrogens is 432 g/mol. The van der Waals surface area contributed by atoms with Crippen LogP contribution in [0.15, 0.2) is 35.7 Å². The Balaban J connectivity index is 1.42. The van der Waals surface area contributed by atoms with E-state index in [-0.39, 0.29) is 5.91 Å². The lowest BCUT2D eigenvalue weighted by molar-refractivity contribution is -0.117. The van der Waals surface area contributed by atoms with E-state index in [9.17, 15) is 9.59 Å². The second-order valence-electron chi connectivity index (χ2n) is 6.41. The molecular formula is C19H17ClN4O3S2. The highest BCUT2D eigenvalue weighted by atomic mass is 35.5. The van der Waals surface area contributed by atoms with Gasteiger partial charge in [0, 0.05) is 18.0 Å². The summed E-state index contributed by atoms with van der Waals surface area (Å²) in [6.45, 7) is 0.525. The van der Waals surface area contributed by atoms with E-state index in [4.69, 9.17) is 16.3 Å². The van der Waals surface area contributed by atoms with Crippen molar-refractivity contribution in [3.63, 3.8) is 0 Å². The molecule has 7 nitrogen and oxygen atoms in total. The fourth-order valence-corrected chi connectivity index (χ4v) is 4.97. The van der Waals surface area contributed by atoms with Crippen LogP contribution in [0.1, 0.15) is 27.3 Å². The number of thiophene rings is 1. The molecule has 0 radical (unpaired) electrons. The van der Waals surface area contributed by atoms with E-state index in [1.54, 1.807) is 16.3 Å². The number of nitrogens with zero attached hydrogens (tertiary/aromatic N) is 3. The van der Waals surface area contributed by atoms with Gasteiger partial charge in [0.25, 0.3) is 0 Å². The number of anilines is 2. The fourth-order valence-electron chi connectivity index (χ4n) is 3.10. The summed E-state index contributed by atoms with van der Waals surface area (Å²) in [5.74, 6) is -0.534. The molecule has 1 unspecified atom stereocenters. The Morgan fingerprint density at radius 2 is 2.10 bits per heavy atom. The first-order chi connectivity index (χ1) is 14.0. The van der Waals surface area contributed by atoms with Crippen LogP contribution < -0.4 is 10.2 Å². The normalized spacial score (nSPS) is 16.3. The molecule has 1 aliphatic heterocycles. The van der Waals surface area contributed by atoms with E-state index in [0.29, 0.717) is 40.1 Å². The molecule has 0 bridgehead atoms. The van der Waals surface area contributed by atoms with Crippen LogP contribution in [-0.2, 0) is 16.0 Å². The third-order valence-electron chi connectivity index (χ3n) is 4.53. The van der Waals surface area contributed by atoms with Gasteiger partial charge in [-0.05, 0) is 35.6 Å². The maximum absolute atomic E-state index is 12.9. The van der Waals surface area contributed by atoms with E-state index in [2.05, 4.69) is 15.5 Å². The van der Waals surface area contributed by atoms with Crippen LogP contribution in [0, 0.1) is 0 Å². The van der Waals surface area contributed by atoms with Crippen molar-refractivity contribution < 1.29 is 14.3 Å². The molecule has 1 fully saturated rings. The standard InChI is InChI=1S/C19H17ClN4O3S2/c1-27-18(26)13-7-9-28-17(13)24-8-6-14(16(24)25)21-19-23-22-15(29-19)10-11-2-4-12(20)5-3-11/h2-5,7,9,14H,6,8,10H2,1H3,(H,21,23). The first-order valence-corrected chi connectivity index (χ1v) is 10.9. The van der Waals surface area contributed by atoms with Crippen LogP contribution in [0.3, 0.4) is 0 Å². The largest absolute Gasteiger partial charge is 0.465 e. The molecule has 29 heavy (non-hydrogen) atoms. The van der Waals surface area contributed by atoms with Gasteiger partial charge in [-0.15, -0.1) is 21.5 Å². The lowest BCUT2D eigenvalue weighted by atomic mass is 10.2. The summed E-state index contributed by atoms with van der Waals surface area (Å²) in [5, 5.41) is 16.1. The molecule has 1 aromatic carbocycles. The average Bonchev–Trinajstić information content (AvgIpc) is 3.45. The van der Waals surface area contributed by atoms with Crippen molar-refractivity contribution in [2.24, 2.45) is 0 Å². The smallest absolute Gasteiger partial charge is 0.340 e. The topological polar surface area (TPSA) is 84.4 Å². The molecule has 4 rings (SSSR count). The zero-order chi connectivity index (χ0) is 20.4. The zero-order valence-corrected chi connectivity index (χ0v) is 17.8. The molecule has 3 aromatic rings. The molecule has 0 saturated carbocycles. The molecule has 1 amide bonds. The predicted octanol–water partition coefficient (Wildman–Crippen LogP) is 3.85. The first-order valence-electron chi connectivity index (χ1n) is 8.85. The summed E-state index contributed by atoms with van der Waals surface area (Å²) >= 11 is 8.69. The van der Waals surface area contributed by atoms with Gasteiger partial charge in [0.1, 0.15) is 16.1 Å². The van der Waals surface area contributed by atoms with Crippen molar-refractivity contribution in [3.8, 4) is 0 Å². The van der Waals surface area contributed by atoms with E-state index in [0.717, 1.165) is 10.6 Å². The summed E-state index contributed by atoms with van der Waals surface area (Å²) in [7, 11) is 1.33. The minimum atomic E-state index is -0.443. The van der Waals surface area contributed by atoms with Crippen LogP contribution in [-0.4, -0.2) is 41.8 Å².